The fraction of sp³-hybridized carbons (Fsp3) is 0.450. The second kappa shape index (κ2) is 10.8. The molecule has 0 aromatic heterocycles. The highest BCUT2D eigenvalue weighted by Gasteiger charge is 2.16. The van der Waals surface area contributed by atoms with Crippen LogP contribution in [0.15, 0.2) is 36.0 Å². The van der Waals surface area contributed by atoms with Crippen LogP contribution in [0.4, 0.5) is 4.79 Å². The first-order valence-corrected chi connectivity index (χ1v) is 8.91. The van der Waals surface area contributed by atoms with Gasteiger partial charge in [0.1, 0.15) is 23.0 Å². The highest BCUT2D eigenvalue weighted by molar-refractivity contribution is 5.97. The third-order valence-corrected chi connectivity index (χ3v) is 3.51. The smallest absolute Gasteiger partial charge is 0.407 e. The molecule has 1 rings (SSSR count). The average molecular weight is 388 g/mol. The van der Waals surface area contributed by atoms with Gasteiger partial charge in [-0.05, 0) is 45.4 Å². The van der Waals surface area contributed by atoms with E-state index in [-0.39, 0.29) is 18.2 Å². The van der Waals surface area contributed by atoms with Crippen LogP contribution in [0.2, 0.25) is 0 Å². The molecule has 0 aliphatic rings. The van der Waals surface area contributed by atoms with Crippen molar-refractivity contribution in [1.82, 2.24) is 16.0 Å². The number of alkyl carbamates (subject to hydrolysis) is 1. The van der Waals surface area contributed by atoms with E-state index in [1.807, 2.05) is 25.1 Å². The molecular formula is C20H28N4O4. The summed E-state index contributed by atoms with van der Waals surface area (Å²) in [5, 5.41) is 17.4. The predicted octanol–water partition coefficient (Wildman–Crippen LogP) is 2.39. The number of methoxy groups -OCH3 is 1. The van der Waals surface area contributed by atoms with Crippen LogP contribution < -0.4 is 20.7 Å². The largest absolute Gasteiger partial charge is 0.497 e. The number of carbonyl (C=O) groups is 2. The topological polar surface area (TPSA) is 112 Å². The number of nitrogens with one attached hydrogen (secondary N) is 3. The number of amides is 2. The summed E-state index contributed by atoms with van der Waals surface area (Å²) in [6.45, 7) is 7.78. The highest BCUT2D eigenvalue weighted by Crippen LogP contribution is 2.17. The van der Waals surface area contributed by atoms with Crippen molar-refractivity contribution >= 4 is 12.0 Å². The van der Waals surface area contributed by atoms with E-state index in [2.05, 4.69) is 16.0 Å². The average Bonchev–Trinajstić information content (AvgIpc) is 2.63. The Bertz CT molecular complexity index is 730. The lowest BCUT2D eigenvalue weighted by Gasteiger charge is -2.19. The van der Waals surface area contributed by atoms with Crippen LogP contribution in [-0.4, -0.2) is 37.8 Å². The Labute approximate surface area is 165 Å². The Balaban J connectivity index is 2.47. The normalized spacial score (nSPS) is 12.4. The van der Waals surface area contributed by atoms with Gasteiger partial charge in [-0.1, -0.05) is 12.1 Å². The number of hydrogen-bond donors (Lipinski definition) is 3. The summed E-state index contributed by atoms with van der Waals surface area (Å²) in [6, 6.07) is 8.89. The SMILES string of the molecule is COc1ccc(C(C)NC(=O)/C(C#N)=C\NCCNC(=O)OC(C)(C)C)cc1. The van der Waals surface area contributed by atoms with Crippen molar-refractivity contribution in [3.8, 4) is 11.8 Å². The molecule has 0 fully saturated rings. The lowest BCUT2D eigenvalue weighted by Crippen LogP contribution is -2.36. The van der Waals surface area contributed by atoms with Crippen LogP contribution in [0.25, 0.3) is 0 Å². The van der Waals surface area contributed by atoms with Crippen LogP contribution in [0.3, 0.4) is 0 Å². The van der Waals surface area contributed by atoms with E-state index < -0.39 is 17.6 Å². The van der Waals surface area contributed by atoms with Gasteiger partial charge in [0.05, 0.1) is 13.2 Å². The fourth-order valence-electron chi connectivity index (χ4n) is 2.12. The first-order chi connectivity index (χ1) is 13.2. The third kappa shape index (κ3) is 8.45. The van der Waals surface area contributed by atoms with E-state index in [9.17, 15) is 14.9 Å². The minimum atomic E-state index is -0.565. The van der Waals surface area contributed by atoms with Gasteiger partial charge >= 0.3 is 6.09 Å². The fourth-order valence-corrected chi connectivity index (χ4v) is 2.12. The molecule has 1 atom stereocenters. The van der Waals surface area contributed by atoms with E-state index in [0.29, 0.717) is 6.54 Å². The molecule has 3 N–H and O–H groups in total. The number of ether oxygens (including phenoxy) is 2. The van der Waals surface area contributed by atoms with Gasteiger partial charge in [0.15, 0.2) is 0 Å². The maximum atomic E-state index is 12.3. The zero-order chi connectivity index (χ0) is 21.2. The van der Waals surface area contributed by atoms with Crippen molar-refractivity contribution in [1.29, 1.82) is 5.26 Å². The van der Waals surface area contributed by atoms with Gasteiger partial charge in [0, 0.05) is 19.3 Å². The van der Waals surface area contributed by atoms with E-state index in [4.69, 9.17) is 9.47 Å². The molecule has 28 heavy (non-hydrogen) atoms. The minimum absolute atomic E-state index is 0.0578. The quantitative estimate of drug-likeness (QED) is 0.358. The molecule has 0 spiro atoms. The van der Waals surface area contributed by atoms with E-state index in [0.717, 1.165) is 11.3 Å². The Morgan fingerprint density at radius 3 is 2.39 bits per heavy atom. The molecule has 1 aromatic carbocycles. The van der Waals surface area contributed by atoms with Gasteiger partial charge < -0.3 is 25.4 Å². The molecule has 0 heterocycles. The van der Waals surface area contributed by atoms with Gasteiger partial charge in [0.2, 0.25) is 0 Å². The minimum Gasteiger partial charge on any atom is -0.497 e. The van der Waals surface area contributed by atoms with Crippen molar-refractivity contribution in [3.05, 3.63) is 41.6 Å². The van der Waals surface area contributed by atoms with Crippen LogP contribution in [0, 0.1) is 11.3 Å². The lowest BCUT2D eigenvalue weighted by atomic mass is 10.1. The molecule has 0 saturated heterocycles. The molecule has 8 heteroatoms. The number of carbonyl (C=O) groups excluding carboxylic acids is 2. The summed E-state index contributed by atoms with van der Waals surface area (Å²) in [7, 11) is 1.58. The van der Waals surface area contributed by atoms with Crippen LogP contribution in [-0.2, 0) is 9.53 Å². The second-order valence-electron chi connectivity index (χ2n) is 7.02. The van der Waals surface area contributed by atoms with Crippen LogP contribution >= 0.6 is 0 Å². The van der Waals surface area contributed by atoms with E-state index in [1.54, 1.807) is 40.0 Å². The lowest BCUT2D eigenvalue weighted by molar-refractivity contribution is -0.117. The van der Waals surface area contributed by atoms with Crippen molar-refractivity contribution in [2.45, 2.75) is 39.3 Å². The zero-order valence-corrected chi connectivity index (χ0v) is 17.0. The van der Waals surface area contributed by atoms with Crippen LogP contribution in [0.5, 0.6) is 5.75 Å². The molecule has 1 aromatic rings. The van der Waals surface area contributed by atoms with Crippen molar-refractivity contribution in [2.75, 3.05) is 20.2 Å². The molecule has 152 valence electrons. The Morgan fingerprint density at radius 1 is 1.21 bits per heavy atom. The van der Waals surface area contributed by atoms with Gasteiger partial charge in [-0.15, -0.1) is 0 Å². The number of rotatable bonds is 8. The molecule has 0 radical (unpaired) electrons. The van der Waals surface area contributed by atoms with E-state index in [1.165, 1.54) is 6.20 Å². The van der Waals surface area contributed by atoms with Crippen molar-refractivity contribution in [2.24, 2.45) is 0 Å². The molecule has 0 saturated carbocycles. The molecule has 0 bridgehead atoms. The maximum Gasteiger partial charge on any atom is 0.407 e. The maximum absolute atomic E-state index is 12.3. The molecule has 0 aliphatic carbocycles. The highest BCUT2D eigenvalue weighted by atomic mass is 16.6. The standard InChI is InChI=1S/C20H28N4O4/c1-14(15-6-8-17(27-5)9-7-15)24-18(25)16(12-21)13-22-10-11-23-19(26)28-20(2,3)4/h6-9,13-14,22H,10-11H2,1-5H3,(H,23,26)(H,24,25)/b16-13-. The number of nitriles is 1. The summed E-state index contributed by atoms with van der Waals surface area (Å²) in [6.07, 6.45) is 0.803. The molecular weight excluding hydrogens is 360 g/mol. The van der Waals surface area contributed by atoms with Gasteiger partial charge in [-0.2, -0.15) is 5.26 Å². The monoisotopic (exact) mass is 388 g/mol. The number of nitrogens with zero attached hydrogens (tertiary/aromatic N) is 1. The molecule has 1 unspecified atom stereocenters. The summed E-state index contributed by atoms with van der Waals surface area (Å²) >= 11 is 0. The third-order valence-electron chi connectivity index (χ3n) is 3.51. The Hall–Kier alpha value is -3.21. The molecule has 2 amide bonds. The Kier molecular flexibility index (Phi) is 8.82. The summed E-state index contributed by atoms with van der Waals surface area (Å²) in [4.78, 5) is 23.8. The van der Waals surface area contributed by atoms with Gasteiger partial charge in [-0.3, -0.25) is 4.79 Å². The van der Waals surface area contributed by atoms with E-state index >= 15 is 0 Å². The van der Waals surface area contributed by atoms with Crippen LogP contribution in [0.1, 0.15) is 39.3 Å². The summed E-state index contributed by atoms with van der Waals surface area (Å²) < 4.78 is 10.2. The second-order valence-corrected chi connectivity index (χ2v) is 7.02. The summed E-state index contributed by atoms with van der Waals surface area (Å²) in [5.41, 5.74) is 0.267. The van der Waals surface area contributed by atoms with Crippen molar-refractivity contribution in [3.63, 3.8) is 0 Å². The first-order valence-electron chi connectivity index (χ1n) is 8.91. The van der Waals surface area contributed by atoms with Crippen molar-refractivity contribution < 1.29 is 19.1 Å². The zero-order valence-electron chi connectivity index (χ0n) is 17.0. The first kappa shape index (κ1) is 22.8. The number of hydrogen-bond acceptors (Lipinski definition) is 6. The van der Waals surface area contributed by atoms with Gasteiger partial charge in [0.25, 0.3) is 5.91 Å². The van der Waals surface area contributed by atoms with Gasteiger partial charge in [-0.25, -0.2) is 4.79 Å². The summed E-state index contributed by atoms with van der Waals surface area (Å²) in [5.74, 6) is 0.238. The molecule has 8 nitrogen and oxygen atoms in total. The number of benzene rings is 1. The predicted molar refractivity (Wildman–Crippen MR) is 105 cm³/mol. The molecule has 0 aliphatic heterocycles. The Morgan fingerprint density at radius 2 is 1.86 bits per heavy atom.